The van der Waals surface area contributed by atoms with Crippen LogP contribution in [0.5, 0.6) is 0 Å². The van der Waals surface area contributed by atoms with Crippen molar-refractivity contribution in [1.82, 2.24) is 5.32 Å². The fraction of sp³-hybridized carbons (Fsp3) is 0.571. The van der Waals surface area contributed by atoms with E-state index in [1.54, 1.807) is 12.1 Å². The van der Waals surface area contributed by atoms with Crippen LogP contribution in [-0.2, 0) is 6.54 Å². The average Bonchev–Trinajstić information content (AvgIpc) is 2.26. The van der Waals surface area contributed by atoms with Gasteiger partial charge in [0.05, 0.1) is 0 Å². The Morgan fingerprint density at radius 3 is 2.47 bits per heavy atom. The van der Waals surface area contributed by atoms with Crippen molar-refractivity contribution in [2.45, 2.75) is 40.3 Å². The standard InChI is InChI=1S/C14H23FN2/c1-5-16-10-12-7-13(15)9-14(8-12)17(6-2)11(3)4/h7-9,11,16H,5-6,10H2,1-4H3. The van der Waals surface area contributed by atoms with Crippen molar-refractivity contribution in [2.24, 2.45) is 0 Å². The summed E-state index contributed by atoms with van der Waals surface area (Å²) in [4.78, 5) is 2.19. The van der Waals surface area contributed by atoms with Gasteiger partial charge < -0.3 is 10.2 Å². The van der Waals surface area contributed by atoms with E-state index < -0.39 is 0 Å². The molecular weight excluding hydrogens is 215 g/mol. The molecule has 0 bridgehead atoms. The van der Waals surface area contributed by atoms with Crippen LogP contribution in [0, 0.1) is 5.82 Å². The second kappa shape index (κ2) is 6.60. The smallest absolute Gasteiger partial charge is 0.125 e. The molecule has 0 spiro atoms. The Hall–Kier alpha value is -1.09. The Morgan fingerprint density at radius 2 is 1.94 bits per heavy atom. The van der Waals surface area contributed by atoms with Crippen LogP contribution in [0.4, 0.5) is 10.1 Å². The molecule has 0 unspecified atom stereocenters. The minimum Gasteiger partial charge on any atom is -0.369 e. The SMILES string of the molecule is CCNCc1cc(F)cc(N(CC)C(C)C)c1. The lowest BCUT2D eigenvalue weighted by Crippen LogP contribution is -2.30. The van der Waals surface area contributed by atoms with E-state index in [4.69, 9.17) is 0 Å². The molecule has 0 aromatic heterocycles. The third kappa shape index (κ3) is 4.00. The predicted molar refractivity (Wildman–Crippen MR) is 71.9 cm³/mol. The normalized spacial score (nSPS) is 10.9. The number of benzene rings is 1. The monoisotopic (exact) mass is 238 g/mol. The molecule has 0 saturated carbocycles. The highest BCUT2D eigenvalue weighted by molar-refractivity contribution is 5.49. The summed E-state index contributed by atoms with van der Waals surface area (Å²) in [6.45, 7) is 10.9. The summed E-state index contributed by atoms with van der Waals surface area (Å²) in [5, 5.41) is 3.22. The number of anilines is 1. The molecule has 17 heavy (non-hydrogen) atoms. The van der Waals surface area contributed by atoms with E-state index in [1.807, 2.05) is 6.92 Å². The molecule has 1 aromatic carbocycles. The molecule has 0 atom stereocenters. The number of hydrogen-bond donors (Lipinski definition) is 1. The molecule has 3 heteroatoms. The Kier molecular flexibility index (Phi) is 5.42. The molecule has 0 amide bonds. The summed E-state index contributed by atoms with van der Waals surface area (Å²) in [5.41, 5.74) is 1.97. The quantitative estimate of drug-likeness (QED) is 0.819. The van der Waals surface area contributed by atoms with Gasteiger partial charge in [-0.2, -0.15) is 0 Å². The summed E-state index contributed by atoms with van der Waals surface area (Å²) < 4.78 is 13.6. The maximum absolute atomic E-state index is 13.6. The molecule has 96 valence electrons. The van der Waals surface area contributed by atoms with Gasteiger partial charge in [0.2, 0.25) is 0 Å². The summed E-state index contributed by atoms with van der Waals surface area (Å²) in [6.07, 6.45) is 0. The number of halogens is 1. The topological polar surface area (TPSA) is 15.3 Å². The van der Waals surface area contributed by atoms with Gasteiger partial charge in [-0.1, -0.05) is 6.92 Å². The first-order valence-corrected chi connectivity index (χ1v) is 6.35. The van der Waals surface area contributed by atoms with E-state index >= 15 is 0 Å². The lowest BCUT2D eigenvalue weighted by Gasteiger charge is -2.28. The molecule has 2 nitrogen and oxygen atoms in total. The largest absolute Gasteiger partial charge is 0.369 e. The highest BCUT2D eigenvalue weighted by Gasteiger charge is 2.10. The van der Waals surface area contributed by atoms with Gasteiger partial charge in [0.25, 0.3) is 0 Å². The lowest BCUT2D eigenvalue weighted by molar-refractivity contribution is 0.617. The molecule has 0 aliphatic heterocycles. The van der Waals surface area contributed by atoms with Crippen LogP contribution in [0.1, 0.15) is 33.3 Å². The van der Waals surface area contributed by atoms with Gasteiger partial charge in [0.1, 0.15) is 5.82 Å². The van der Waals surface area contributed by atoms with E-state index in [9.17, 15) is 4.39 Å². The minimum atomic E-state index is -0.158. The van der Waals surface area contributed by atoms with E-state index in [1.165, 1.54) is 0 Å². The van der Waals surface area contributed by atoms with Crippen LogP contribution < -0.4 is 10.2 Å². The van der Waals surface area contributed by atoms with E-state index in [0.29, 0.717) is 6.04 Å². The van der Waals surface area contributed by atoms with Crippen LogP contribution in [0.3, 0.4) is 0 Å². The van der Waals surface area contributed by atoms with Gasteiger partial charge in [-0.05, 0) is 51.1 Å². The van der Waals surface area contributed by atoms with Gasteiger partial charge >= 0.3 is 0 Å². The van der Waals surface area contributed by atoms with Crippen molar-refractivity contribution < 1.29 is 4.39 Å². The molecule has 0 fully saturated rings. The van der Waals surface area contributed by atoms with Crippen LogP contribution in [0.15, 0.2) is 18.2 Å². The third-order valence-electron chi connectivity index (χ3n) is 2.82. The zero-order valence-electron chi connectivity index (χ0n) is 11.3. The number of rotatable bonds is 6. The molecular formula is C14H23FN2. The zero-order valence-corrected chi connectivity index (χ0v) is 11.3. The van der Waals surface area contributed by atoms with E-state index in [0.717, 1.165) is 30.9 Å². The zero-order chi connectivity index (χ0) is 12.8. The minimum absolute atomic E-state index is 0.158. The summed E-state index contributed by atoms with van der Waals surface area (Å²) in [7, 11) is 0. The van der Waals surface area contributed by atoms with Crippen LogP contribution >= 0.6 is 0 Å². The predicted octanol–water partition coefficient (Wildman–Crippen LogP) is 3.17. The Labute approximate surface area is 104 Å². The highest BCUT2D eigenvalue weighted by atomic mass is 19.1. The second-order valence-corrected chi connectivity index (χ2v) is 4.48. The van der Waals surface area contributed by atoms with E-state index in [2.05, 4.69) is 37.1 Å². The maximum Gasteiger partial charge on any atom is 0.125 e. The van der Waals surface area contributed by atoms with Crippen molar-refractivity contribution in [3.8, 4) is 0 Å². The summed E-state index contributed by atoms with van der Waals surface area (Å²) >= 11 is 0. The number of hydrogen-bond acceptors (Lipinski definition) is 2. The Bertz CT molecular complexity index is 350. The van der Waals surface area contributed by atoms with Crippen molar-refractivity contribution in [1.29, 1.82) is 0 Å². The average molecular weight is 238 g/mol. The highest BCUT2D eigenvalue weighted by Crippen LogP contribution is 2.20. The van der Waals surface area contributed by atoms with Gasteiger partial charge in [0.15, 0.2) is 0 Å². The molecule has 0 heterocycles. The summed E-state index contributed by atoms with van der Waals surface area (Å²) in [6, 6.07) is 5.66. The first-order valence-electron chi connectivity index (χ1n) is 6.35. The Balaban J connectivity index is 2.94. The number of nitrogens with zero attached hydrogens (tertiary/aromatic N) is 1. The lowest BCUT2D eigenvalue weighted by atomic mass is 10.1. The van der Waals surface area contributed by atoms with Crippen LogP contribution in [-0.4, -0.2) is 19.1 Å². The van der Waals surface area contributed by atoms with Crippen LogP contribution in [0.2, 0.25) is 0 Å². The van der Waals surface area contributed by atoms with E-state index in [-0.39, 0.29) is 5.82 Å². The van der Waals surface area contributed by atoms with Crippen molar-refractivity contribution >= 4 is 5.69 Å². The first kappa shape index (κ1) is 14.0. The molecule has 0 aliphatic carbocycles. The first-order chi connectivity index (χ1) is 8.08. The molecule has 1 N–H and O–H groups in total. The fourth-order valence-electron chi connectivity index (χ4n) is 2.02. The summed E-state index contributed by atoms with van der Waals surface area (Å²) in [5.74, 6) is -0.158. The third-order valence-corrected chi connectivity index (χ3v) is 2.82. The maximum atomic E-state index is 13.6. The van der Waals surface area contributed by atoms with Gasteiger partial charge in [0, 0.05) is 24.8 Å². The van der Waals surface area contributed by atoms with Gasteiger partial charge in [-0.3, -0.25) is 0 Å². The molecule has 1 aromatic rings. The molecule has 0 radical (unpaired) electrons. The van der Waals surface area contributed by atoms with Crippen molar-refractivity contribution in [3.63, 3.8) is 0 Å². The van der Waals surface area contributed by atoms with Crippen molar-refractivity contribution in [2.75, 3.05) is 18.0 Å². The second-order valence-electron chi connectivity index (χ2n) is 4.48. The fourth-order valence-corrected chi connectivity index (χ4v) is 2.02. The molecule has 0 saturated heterocycles. The van der Waals surface area contributed by atoms with Crippen molar-refractivity contribution in [3.05, 3.63) is 29.6 Å². The van der Waals surface area contributed by atoms with Gasteiger partial charge in [-0.25, -0.2) is 4.39 Å². The van der Waals surface area contributed by atoms with Gasteiger partial charge in [-0.15, -0.1) is 0 Å². The number of nitrogens with one attached hydrogen (secondary N) is 1. The molecule has 0 aliphatic rings. The molecule has 1 rings (SSSR count). The Morgan fingerprint density at radius 1 is 1.24 bits per heavy atom. The van der Waals surface area contributed by atoms with Crippen LogP contribution in [0.25, 0.3) is 0 Å².